The number of rotatable bonds is 13. The number of non-ortho nitro benzene ring substituents is 1. The van der Waals surface area contributed by atoms with Crippen molar-refractivity contribution in [1.82, 2.24) is 0 Å². The molecule has 1 amide bonds. The molecule has 5 fully saturated rings. The van der Waals surface area contributed by atoms with Crippen LogP contribution in [0, 0.1) is 45.6 Å². The van der Waals surface area contributed by atoms with Gasteiger partial charge in [-0.1, -0.05) is 41.5 Å². The van der Waals surface area contributed by atoms with E-state index < -0.39 is 76.7 Å². The van der Waals surface area contributed by atoms with Crippen LogP contribution in [0.1, 0.15) is 107 Å². The Morgan fingerprint density at radius 1 is 1.03 bits per heavy atom. The van der Waals surface area contributed by atoms with E-state index >= 15 is 0 Å². The quantitative estimate of drug-likeness (QED) is 0.124. The van der Waals surface area contributed by atoms with Crippen molar-refractivity contribution < 1.29 is 63.0 Å². The highest BCUT2D eigenvalue weighted by Crippen LogP contribution is 2.55. The number of ether oxygens (including phenoxy) is 7. The number of hydrogen-bond acceptors (Lipinski definition) is 13. The highest BCUT2D eigenvalue weighted by molar-refractivity contribution is 5.84. The SMILES string of the molecule is CCC1(C2OC(C3OC(O)(COC(=O)Nc4ccc([N+](=O)[O-])cc4)C(C)CC3C)CC2C)CCC(C2(C)CCC3(CC(O)C(C)C(C(C)C(OC)C(C)C(=O)O)O3)O2)O1. The lowest BCUT2D eigenvalue weighted by Crippen LogP contribution is -2.57. The Kier molecular flexibility index (Phi) is 13.5. The molecule has 1 aromatic rings. The number of carboxylic acid groups (broad SMARTS) is 1. The average molecular weight is 835 g/mol. The number of nitrogens with one attached hydrogen (secondary N) is 1. The van der Waals surface area contributed by atoms with Gasteiger partial charge in [0.05, 0.1) is 64.8 Å². The molecule has 0 aliphatic carbocycles. The first-order valence-corrected chi connectivity index (χ1v) is 21.4. The van der Waals surface area contributed by atoms with E-state index in [9.17, 15) is 35.0 Å². The first kappa shape index (κ1) is 45.6. The summed E-state index contributed by atoms with van der Waals surface area (Å²) < 4.78 is 45.3. The molecular formula is C43H66N2O14. The second kappa shape index (κ2) is 17.4. The van der Waals surface area contributed by atoms with Crippen LogP contribution in [0.5, 0.6) is 0 Å². The summed E-state index contributed by atoms with van der Waals surface area (Å²) in [5.41, 5.74) is -1.11. The smallest absolute Gasteiger partial charge is 0.411 e. The Hall–Kier alpha value is -2.96. The fourth-order valence-corrected chi connectivity index (χ4v) is 10.9. The molecule has 0 bridgehead atoms. The summed E-state index contributed by atoms with van der Waals surface area (Å²) in [4.78, 5) is 35.0. The maximum absolute atomic E-state index is 12.7. The number of carbonyl (C=O) groups is 2. The normalized spacial score (nSPS) is 42.6. The number of aliphatic hydroxyl groups is 2. The first-order chi connectivity index (χ1) is 27.7. The molecular weight excluding hydrogens is 768 g/mol. The molecule has 6 rings (SSSR count). The van der Waals surface area contributed by atoms with Gasteiger partial charge in [0.15, 0.2) is 5.79 Å². The molecule has 16 heteroatoms. The molecule has 1 spiro atoms. The number of carbonyl (C=O) groups excluding carboxylic acids is 1. The zero-order valence-electron chi connectivity index (χ0n) is 36.0. The highest BCUT2D eigenvalue weighted by atomic mass is 16.7. The average Bonchev–Trinajstić information content (AvgIpc) is 3.90. The predicted octanol–water partition coefficient (Wildman–Crippen LogP) is 6.44. The van der Waals surface area contributed by atoms with Crippen molar-refractivity contribution in [3.05, 3.63) is 34.4 Å². The van der Waals surface area contributed by atoms with Crippen molar-refractivity contribution in [2.75, 3.05) is 19.0 Å². The third kappa shape index (κ3) is 9.02. The van der Waals surface area contributed by atoms with Gasteiger partial charge < -0.3 is 48.5 Å². The second-order valence-corrected chi connectivity index (χ2v) is 18.6. The summed E-state index contributed by atoms with van der Waals surface area (Å²) in [6.07, 6.45) is 1.02. The lowest BCUT2D eigenvalue weighted by molar-refractivity contribution is -0.384. The second-order valence-electron chi connectivity index (χ2n) is 18.6. The Morgan fingerprint density at radius 2 is 1.73 bits per heavy atom. The number of benzene rings is 1. The number of carboxylic acids is 1. The number of methoxy groups -OCH3 is 1. The first-order valence-electron chi connectivity index (χ1n) is 21.4. The maximum atomic E-state index is 12.7. The predicted molar refractivity (Wildman–Crippen MR) is 213 cm³/mol. The Morgan fingerprint density at radius 3 is 2.36 bits per heavy atom. The van der Waals surface area contributed by atoms with E-state index in [1.54, 1.807) is 6.92 Å². The van der Waals surface area contributed by atoms with Gasteiger partial charge in [-0.05, 0) is 76.3 Å². The van der Waals surface area contributed by atoms with Gasteiger partial charge in [0.1, 0.15) is 6.61 Å². The van der Waals surface area contributed by atoms with Gasteiger partial charge >= 0.3 is 12.1 Å². The van der Waals surface area contributed by atoms with Crippen molar-refractivity contribution in [3.63, 3.8) is 0 Å². The van der Waals surface area contributed by atoms with Crippen molar-refractivity contribution in [2.45, 2.75) is 172 Å². The summed E-state index contributed by atoms with van der Waals surface area (Å²) >= 11 is 0. The molecule has 332 valence electrons. The van der Waals surface area contributed by atoms with Crippen LogP contribution in [-0.2, 0) is 38.0 Å². The highest BCUT2D eigenvalue weighted by Gasteiger charge is 2.62. The molecule has 16 nitrogen and oxygen atoms in total. The van der Waals surface area contributed by atoms with Gasteiger partial charge in [0.2, 0.25) is 5.79 Å². The zero-order valence-corrected chi connectivity index (χ0v) is 36.0. The molecule has 5 aliphatic heterocycles. The lowest BCUT2D eigenvalue weighted by atomic mass is 9.78. The molecule has 5 heterocycles. The third-order valence-corrected chi connectivity index (χ3v) is 14.6. The van der Waals surface area contributed by atoms with Crippen LogP contribution in [0.15, 0.2) is 24.3 Å². The van der Waals surface area contributed by atoms with Gasteiger partial charge in [0.25, 0.3) is 5.69 Å². The monoisotopic (exact) mass is 834 g/mol. The lowest BCUT2D eigenvalue weighted by Gasteiger charge is -2.49. The summed E-state index contributed by atoms with van der Waals surface area (Å²) in [6.45, 7) is 15.3. The summed E-state index contributed by atoms with van der Waals surface area (Å²) in [7, 11) is 1.51. The summed E-state index contributed by atoms with van der Waals surface area (Å²) in [6, 6.07) is 5.35. The van der Waals surface area contributed by atoms with Gasteiger partial charge in [-0.25, -0.2) is 4.79 Å². The number of nitrogens with zero attached hydrogens (tertiary/aromatic N) is 1. The van der Waals surface area contributed by atoms with Crippen LogP contribution >= 0.6 is 0 Å². The van der Waals surface area contributed by atoms with E-state index in [4.69, 9.17) is 33.2 Å². The number of hydrogen-bond donors (Lipinski definition) is 4. The van der Waals surface area contributed by atoms with E-state index in [2.05, 4.69) is 33.0 Å². The molecule has 5 aliphatic rings. The zero-order chi connectivity index (χ0) is 43.2. The maximum Gasteiger partial charge on any atom is 0.411 e. The number of amides is 1. The summed E-state index contributed by atoms with van der Waals surface area (Å²) in [5.74, 6) is -5.33. The standard InChI is InChI=1S/C43H66N2O14/c1-10-41(16-15-33(56-41)40(8)17-18-42(59-40)21-31(46)26(5)36(57-42)27(6)35(53-9)28(7)38(47)48)37-24(3)20-32(55-37)34-23(2)19-25(4)43(50,58-34)22-54-39(49)44-29-11-13-30(14-12-29)45(51)52/h11-14,23-28,31-37,46,50H,10,15-22H2,1-9H3,(H,44,49)(H,47,48). The molecule has 17 atom stereocenters. The van der Waals surface area contributed by atoms with Crippen LogP contribution in [-0.4, -0.2) is 112 Å². The van der Waals surface area contributed by atoms with Crippen LogP contribution < -0.4 is 5.32 Å². The molecule has 59 heavy (non-hydrogen) atoms. The van der Waals surface area contributed by atoms with Crippen LogP contribution in [0.25, 0.3) is 0 Å². The van der Waals surface area contributed by atoms with E-state index in [0.29, 0.717) is 44.2 Å². The van der Waals surface area contributed by atoms with E-state index in [0.717, 1.165) is 12.8 Å². The third-order valence-electron chi connectivity index (χ3n) is 14.6. The van der Waals surface area contributed by atoms with Gasteiger partial charge in [-0.15, -0.1) is 0 Å². The van der Waals surface area contributed by atoms with E-state index in [1.165, 1.54) is 31.4 Å². The number of nitro groups is 1. The minimum Gasteiger partial charge on any atom is -0.481 e. The number of nitro benzene ring substituents is 1. The van der Waals surface area contributed by atoms with E-state index in [1.807, 2.05) is 20.8 Å². The fraction of sp³-hybridized carbons (Fsp3) is 0.814. The van der Waals surface area contributed by atoms with Gasteiger partial charge in [-0.3, -0.25) is 20.2 Å². The molecule has 1 aromatic carbocycles. The molecule has 17 unspecified atom stereocenters. The van der Waals surface area contributed by atoms with Gasteiger partial charge in [0, 0.05) is 55.5 Å². The minimum atomic E-state index is -1.77. The largest absolute Gasteiger partial charge is 0.481 e. The Bertz CT molecular complexity index is 1670. The van der Waals surface area contributed by atoms with E-state index in [-0.39, 0.29) is 53.6 Å². The van der Waals surface area contributed by atoms with Crippen molar-refractivity contribution >= 4 is 23.4 Å². The Labute approximate surface area is 347 Å². The minimum absolute atomic E-state index is 0.0404. The van der Waals surface area contributed by atoms with Gasteiger partial charge in [-0.2, -0.15) is 0 Å². The van der Waals surface area contributed by atoms with Crippen LogP contribution in [0.2, 0.25) is 0 Å². The number of aliphatic carboxylic acids is 1. The summed E-state index contributed by atoms with van der Waals surface area (Å²) in [5, 5.41) is 46.4. The van der Waals surface area contributed by atoms with Crippen LogP contribution in [0.3, 0.4) is 0 Å². The van der Waals surface area contributed by atoms with Crippen molar-refractivity contribution in [2.24, 2.45) is 35.5 Å². The van der Waals surface area contributed by atoms with Crippen molar-refractivity contribution in [3.8, 4) is 0 Å². The molecule has 0 radical (unpaired) electrons. The Balaban J connectivity index is 1.09. The molecule has 0 aromatic heterocycles. The van der Waals surface area contributed by atoms with Crippen molar-refractivity contribution in [1.29, 1.82) is 0 Å². The number of anilines is 1. The topological polar surface area (TPSA) is 215 Å². The fourth-order valence-electron chi connectivity index (χ4n) is 10.9. The van der Waals surface area contributed by atoms with Crippen LogP contribution in [0.4, 0.5) is 16.2 Å². The molecule has 0 saturated carbocycles. The number of aliphatic hydroxyl groups excluding tert-OH is 1. The molecule has 4 N–H and O–H groups in total. The molecule has 5 saturated heterocycles.